The molecule has 1 amide bonds. The Morgan fingerprint density at radius 1 is 1.38 bits per heavy atom. The fraction of sp³-hybridized carbons (Fsp3) is 0.143. The van der Waals surface area contributed by atoms with Crippen molar-refractivity contribution < 1.29 is 4.79 Å². The van der Waals surface area contributed by atoms with Gasteiger partial charge in [0.2, 0.25) is 5.91 Å². The molecule has 4 rings (SSSR count). The Morgan fingerprint density at radius 2 is 2.24 bits per heavy atom. The van der Waals surface area contributed by atoms with Gasteiger partial charge in [-0.1, -0.05) is 12.1 Å². The number of hydrogen-bond acceptors (Lipinski definition) is 5. The van der Waals surface area contributed by atoms with Gasteiger partial charge in [0, 0.05) is 18.1 Å². The third kappa shape index (κ3) is 1.82. The molecule has 6 nitrogen and oxygen atoms in total. The zero-order chi connectivity index (χ0) is 14.4. The van der Waals surface area contributed by atoms with Gasteiger partial charge in [-0.2, -0.15) is 0 Å². The number of hydrogen-bond donors (Lipinski definition) is 2. The van der Waals surface area contributed by atoms with Crippen molar-refractivity contribution in [1.29, 1.82) is 0 Å². The Hall–Kier alpha value is -2.38. The van der Waals surface area contributed by atoms with E-state index in [1.807, 2.05) is 45.1 Å². The van der Waals surface area contributed by atoms with E-state index in [-0.39, 0.29) is 12.5 Å². The average Bonchev–Trinajstić information content (AvgIpc) is 3.06. The molecule has 0 spiro atoms. The number of imidazole rings is 1. The lowest BCUT2D eigenvalue weighted by atomic mass is 10.2. The van der Waals surface area contributed by atoms with Crippen LogP contribution >= 0.6 is 11.3 Å². The van der Waals surface area contributed by atoms with Crippen molar-refractivity contribution in [3.63, 3.8) is 0 Å². The topological polar surface area (TPSA) is 75.7 Å². The smallest absolute Gasteiger partial charge is 0.244 e. The van der Waals surface area contributed by atoms with Crippen molar-refractivity contribution >= 4 is 39.4 Å². The summed E-state index contributed by atoms with van der Waals surface area (Å²) in [5, 5.41) is 4.86. The zero-order valence-electron chi connectivity index (χ0n) is 11.1. The molecule has 0 unspecified atom stereocenters. The van der Waals surface area contributed by atoms with Crippen molar-refractivity contribution in [3.8, 4) is 0 Å². The summed E-state index contributed by atoms with van der Waals surface area (Å²) in [4.78, 5) is 19.4. The number of amides is 1. The van der Waals surface area contributed by atoms with Gasteiger partial charge >= 0.3 is 0 Å². The third-order valence-corrected chi connectivity index (χ3v) is 4.32. The van der Waals surface area contributed by atoms with Crippen LogP contribution in [0, 0.1) is 0 Å². The van der Waals surface area contributed by atoms with E-state index in [0.717, 1.165) is 27.8 Å². The Labute approximate surface area is 124 Å². The predicted octanol–water partition coefficient (Wildman–Crippen LogP) is 1.94. The second kappa shape index (κ2) is 4.57. The van der Waals surface area contributed by atoms with Crippen molar-refractivity contribution in [2.75, 3.05) is 16.8 Å². The molecule has 0 radical (unpaired) electrons. The van der Waals surface area contributed by atoms with E-state index >= 15 is 0 Å². The van der Waals surface area contributed by atoms with Gasteiger partial charge < -0.3 is 16.0 Å². The van der Waals surface area contributed by atoms with Crippen LogP contribution in [-0.4, -0.2) is 21.8 Å². The SMILES string of the molecule is NCc1c(N2CC(=O)Nc3ccccc32)nc2sccn12. The van der Waals surface area contributed by atoms with Crippen LogP contribution in [0.3, 0.4) is 0 Å². The van der Waals surface area contributed by atoms with Crippen LogP contribution in [-0.2, 0) is 11.3 Å². The number of thiazole rings is 1. The van der Waals surface area contributed by atoms with E-state index in [9.17, 15) is 4.79 Å². The monoisotopic (exact) mass is 299 g/mol. The maximum atomic E-state index is 11.9. The average molecular weight is 299 g/mol. The van der Waals surface area contributed by atoms with Gasteiger partial charge in [0.1, 0.15) is 6.54 Å². The lowest BCUT2D eigenvalue weighted by Gasteiger charge is -2.29. The number of para-hydroxylation sites is 2. The van der Waals surface area contributed by atoms with Gasteiger partial charge in [-0.05, 0) is 12.1 Å². The fourth-order valence-corrected chi connectivity index (χ4v) is 3.38. The molecule has 0 atom stereocenters. The quantitative estimate of drug-likeness (QED) is 0.758. The number of carbonyl (C=O) groups excluding carboxylic acids is 1. The molecule has 1 aliphatic heterocycles. The number of nitrogens with two attached hydrogens (primary N) is 1. The van der Waals surface area contributed by atoms with Crippen LogP contribution in [0.1, 0.15) is 5.69 Å². The second-order valence-corrected chi connectivity index (χ2v) is 5.67. The summed E-state index contributed by atoms with van der Waals surface area (Å²) < 4.78 is 1.98. The van der Waals surface area contributed by atoms with Gasteiger partial charge in [0.15, 0.2) is 10.8 Å². The minimum Gasteiger partial charge on any atom is -0.325 e. The van der Waals surface area contributed by atoms with Gasteiger partial charge in [-0.15, -0.1) is 11.3 Å². The normalized spacial score (nSPS) is 14.3. The summed E-state index contributed by atoms with van der Waals surface area (Å²) in [6.45, 7) is 0.613. The van der Waals surface area contributed by atoms with Crippen molar-refractivity contribution in [2.45, 2.75) is 6.54 Å². The van der Waals surface area contributed by atoms with Gasteiger partial charge in [-0.3, -0.25) is 9.20 Å². The maximum absolute atomic E-state index is 11.9. The molecule has 1 aliphatic rings. The molecule has 0 saturated heterocycles. The molecule has 0 aliphatic carbocycles. The largest absolute Gasteiger partial charge is 0.325 e. The lowest BCUT2D eigenvalue weighted by molar-refractivity contribution is -0.115. The summed E-state index contributed by atoms with van der Waals surface area (Å²) in [5.41, 5.74) is 8.55. The molecular weight excluding hydrogens is 286 g/mol. The molecule has 0 fully saturated rings. The highest BCUT2D eigenvalue weighted by Crippen LogP contribution is 2.36. The number of anilines is 3. The molecule has 1 aromatic carbocycles. The number of aromatic nitrogens is 2. The predicted molar refractivity (Wildman–Crippen MR) is 83.0 cm³/mol. The highest BCUT2D eigenvalue weighted by Gasteiger charge is 2.27. The summed E-state index contributed by atoms with van der Waals surface area (Å²) in [5.74, 6) is 0.708. The lowest BCUT2D eigenvalue weighted by Crippen LogP contribution is -2.35. The van der Waals surface area contributed by atoms with Gasteiger partial charge in [0.25, 0.3) is 0 Å². The summed E-state index contributed by atoms with van der Waals surface area (Å²) in [6, 6.07) is 7.71. The Balaban J connectivity index is 1.92. The first kappa shape index (κ1) is 12.4. The maximum Gasteiger partial charge on any atom is 0.244 e. The van der Waals surface area contributed by atoms with Crippen LogP contribution in [0.5, 0.6) is 0 Å². The Morgan fingerprint density at radius 3 is 3.10 bits per heavy atom. The molecule has 21 heavy (non-hydrogen) atoms. The molecule has 0 saturated carbocycles. The molecule has 3 heterocycles. The Bertz CT molecular complexity index is 837. The van der Waals surface area contributed by atoms with E-state index in [1.54, 1.807) is 11.3 Å². The molecule has 3 N–H and O–H groups in total. The molecule has 3 aromatic rings. The first-order valence-electron chi connectivity index (χ1n) is 6.59. The van der Waals surface area contributed by atoms with Crippen LogP contribution < -0.4 is 16.0 Å². The molecule has 0 bridgehead atoms. The van der Waals surface area contributed by atoms with E-state index in [2.05, 4.69) is 10.3 Å². The van der Waals surface area contributed by atoms with Crippen molar-refractivity contribution in [2.24, 2.45) is 5.73 Å². The van der Waals surface area contributed by atoms with Crippen LogP contribution in [0.15, 0.2) is 35.8 Å². The molecule has 7 heteroatoms. The van der Waals surface area contributed by atoms with Crippen molar-refractivity contribution in [1.82, 2.24) is 9.38 Å². The molecule has 106 valence electrons. The fourth-order valence-electron chi connectivity index (χ4n) is 2.65. The van der Waals surface area contributed by atoms with Crippen LogP contribution in [0.4, 0.5) is 17.2 Å². The highest BCUT2D eigenvalue weighted by molar-refractivity contribution is 7.15. The first-order chi connectivity index (χ1) is 10.3. The zero-order valence-corrected chi connectivity index (χ0v) is 11.9. The third-order valence-electron chi connectivity index (χ3n) is 3.56. The van der Waals surface area contributed by atoms with E-state index in [1.165, 1.54) is 0 Å². The van der Waals surface area contributed by atoms with Crippen LogP contribution in [0.25, 0.3) is 4.96 Å². The number of nitrogens with one attached hydrogen (secondary N) is 1. The standard InChI is InChI=1S/C14H13N5OS/c15-7-11-13(17-14-18(11)5-6-21-14)19-8-12(20)16-9-3-1-2-4-10(9)19/h1-6H,7-8,15H2,(H,16,20). The summed E-state index contributed by atoms with van der Waals surface area (Å²) >= 11 is 1.55. The minimum absolute atomic E-state index is 0.0481. The number of fused-ring (bicyclic) bond motifs is 2. The van der Waals surface area contributed by atoms with Crippen molar-refractivity contribution in [3.05, 3.63) is 41.5 Å². The van der Waals surface area contributed by atoms with Gasteiger partial charge in [-0.25, -0.2) is 4.98 Å². The number of carbonyl (C=O) groups is 1. The minimum atomic E-state index is -0.0481. The summed E-state index contributed by atoms with van der Waals surface area (Å²) in [6.07, 6.45) is 1.95. The second-order valence-electron chi connectivity index (χ2n) is 4.79. The van der Waals surface area contributed by atoms with E-state index in [4.69, 9.17) is 5.73 Å². The van der Waals surface area contributed by atoms with Crippen LogP contribution in [0.2, 0.25) is 0 Å². The summed E-state index contributed by atoms with van der Waals surface area (Å²) in [7, 11) is 0. The van der Waals surface area contributed by atoms with Gasteiger partial charge in [0.05, 0.1) is 17.1 Å². The number of nitrogens with zero attached hydrogens (tertiary/aromatic N) is 3. The number of benzene rings is 1. The first-order valence-corrected chi connectivity index (χ1v) is 7.47. The molecule has 2 aromatic heterocycles. The highest BCUT2D eigenvalue weighted by atomic mass is 32.1. The van der Waals surface area contributed by atoms with E-state index in [0.29, 0.717) is 6.54 Å². The Kier molecular flexibility index (Phi) is 2.69. The van der Waals surface area contributed by atoms with E-state index < -0.39 is 0 Å². The molecular formula is C14H13N5OS. The number of rotatable bonds is 2.